The van der Waals surface area contributed by atoms with Gasteiger partial charge in [-0.15, -0.1) is 0 Å². The van der Waals surface area contributed by atoms with Gasteiger partial charge in [-0.3, -0.25) is 14.6 Å². The van der Waals surface area contributed by atoms with E-state index in [1.807, 2.05) is 6.92 Å². The quantitative estimate of drug-likeness (QED) is 0.700. The lowest BCUT2D eigenvalue weighted by Crippen LogP contribution is -2.58. The van der Waals surface area contributed by atoms with Crippen LogP contribution < -0.4 is 5.32 Å². The Hall–Kier alpha value is -2.53. The monoisotopic (exact) mass is 441 g/mol. The zero-order valence-electron chi connectivity index (χ0n) is 19.5. The number of hydrogen-bond donors (Lipinski definition) is 2. The Balaban J connectivity index is 1.73. The first-order valence-electron chi connectivity index (χ1n) is 11.6. The molecule has 2 aliphatic carbocycles. The summed E-state index contributed by atoms with van der Waals surface area (Å²) in [4.78, 5) is 35.2. The van der Waals surface area contributed by atoms with Crippen molar-refractivity contribution < 1.29 is 14.7 Å². The normalized spacial score (nSPS) is 32.8. The van der Waals surface area contributed by atoms with Crippen molar-refractivity contribution in [2.75, 3.05) is 13.6 Å². The number of amides is 2. The van der Waals surface area contributed by atoms with E-state index in [4.69, 9.17) is 5.26 Å². The van der Waals surface area contributed by atoms with Crippen LogP contribution in [0, 0.1) is 40.4 Å². The Labute approximate surface area is 190 Å². The summed E-state index contributed by atoms with van der Waals surface area (Å²) in [6.07, 6.45) is 7.68. The number of hydrogen-bond acceptors (Lipinski definition) is 6. The molecule has 1 heterocycles. The maximum Gasteiger partial charge on any atom is 0.271 e. The molecule has 7 atom stereocenters. The fraction of sp³-hybridized carbons (Fsp3) is 0.708. The predicted octanol–water partition coefficient (Wildman–Crippen LogP) is 2.41. The van der Waals surface area contributed by atoms with E-state index in [1.54, 1.807) is 11.9 Å². The minimum atomic E-state index is -0.622. The van der Waals surface area contributed by atoms with Gasteiger partial charge in [-0.2, -0.15) is 5.26 Å². The molecule has 2 fully saturated rings. The van der Waals surface area contributed by atoms with Crippen molar-refractivity contribution in [3.63, 3.8) is 0 Å². The molecule has 0 unspecified atom stereocenters. The van der Waals surface area contributed by atoms with Crippen molar-refractivity contribution in [1.82, 2.24) is 20.2 Å². The number of fused-ring (bicyclic) bond motifs is 1. The van der Waals surface area contributed by atoms with E-state index in [9.17, 15) is 14.7 Å². The molecule has 0 saturated heterocycles. The van der Waals surface area contributed by atoms with Crippen LogP contribution in [0.15, 0.2) is 18.6 Å². The SMILES string of the molecule is C[C@@H]1[C@@H]2[C@@H](O)[C@@H]([C@H](C)C(=O)N(C)CCC#N)CC[C@]2(C)CC[C@@H]1NC(=O)c1cnccn1. The van der Waals surface area contributed by atoms with Gasteiger partial charge in [0.2, 0.25) is 5.91 Å². The first kappa shape index (κ1) is 24.1. The minimum absolute atomic E-state index is 0.0122. The molecule has 0 aromatic carbocycles. The van der Waals surface area contributed by atoms with Gasteiger partial charge in [0, 0.05) is 37.9 Å². The minimum Gasteiger partial charge on any atom is -0.392 e. The van der Waals surface area contributed by atoms with Crippen LogP contribution in [0.25, 0.3) is 0 Å². The average Bonchev–Trinajstić information content (AvgIpc) is 2.79. The van der Waals surface area contributed by atoms with Gasteiger partial charge >= 0.3 is 0 Å². The molecule has 32 heavy (non-hydrogen) atoms. The third-order valence-corrected chi connectivity index (χ3v) is 7.97. The van der Waals surface area contributed by atoms with Crippen molar-refractivity contribution in [1.29, 1.82) is 5.26 Å². The molecule has 2 saturated carbocycles. The van der Waals surface area contributed by atoms with Crippen molar-refractivity contribution in [2.45, 2.75) is 65.0 Å². The first-order valence-corrected chi connectivity index (χ1v) is 11.6. The highest BCUT2D eigenvalue weighted by Gasteiger charge is 2.54. The number of carbonyl (C=O) groups is 2. The molecule has 2 N–H and O–H groups in total. The number of nitriles is 1. The van der Waals surface area contributed by atoms with Gasteiger partial charge in [0.15, 0.2) is 0 Å². The van der Waals surface area contributed by atoms with E-state index in [0.29, 0.717) is 13.0 Å². The summed E-state index contributed by atoms with van der Waals surface area (Å²) in [5.74, 6) is -0.679. The summed E-state index contributed by atoms with van der Waals surface area (Å²) in [6, 6.07) is 2.01. The second kappa shape index (κ2) is 9.95. The number of aromatic nitrogens is 2. The zero-order valence-corrected chi connectivity index (χ0v) is 19.5. The molecular weight excluding hydrogens is 406 g/mol. The molecule has 1 aromatic rings. The summed E-state index contributed by atoms with van der Waals surface area (Å²) in [6.45, 7) is 6.62. The second-order valence-electron chi connectivity index (χ2n) is 9.90. The van der Waals surface area contributed by atoms with Crippen LogP contribution >= 0.6 is 0 Å². The van der Waals surface area contributed by atoms with Gasteiger partial charge < -0.3 is 15.3 Å². The maximum atomic E-state index is 12.9. The zero-order chi connectivity index (χ0) is 23.5. The largest absolute Gasteiger partial charge is 0.392 e. The molecule has 0 bridgehead atoms. The number of rotatable bonds is 6. The summed E-state index contributed by atoms with van der Waals surface area (Å²) in [5, 5.41) is 23.4. The van der Waals surface area contributed by atoms with Gasteiger partial charge in [0.05, 0.1) is 24.8 Å². The van der Waals surface area contributed by atoms with E-state index in [1.165, 1.54) is 18.6 Å². The summed E-state index contributed by atoms with van der Waals surface area (Å²) >= 11 is 0. The van der Waals surface area contributed by atoms with Crippen LogP contribution in [0.4, 0.5) is 0 Å². The molecule has 2 aliphatic rings. The highest BCUT2D eigenvalue weighted by molar-refractivity contribution is 5.92. The van der Waals surface area contributed by atoms with E-state index >= 15 is 0 Å². The molecule has 3 rings (SSSR count). The van der Waals surface area contributed by atoms with E-state index in [0.717, 1.165) is 25.7 Å². The number of aliphatic hydroxyl groups is 1. The third-order valence-electron chi connectivity index (χ3n) is 7.97. The first-order chi connectivity index (χ1) is 15.2. The van der Waals surface area contributed by atoms with Gasteiger partial charge in [0.25, 0.3) is 5.91 Å². The van der Waals surface area contributed by atoms with Crippen LogP contribution in [0.2, 0.25) is 0 Å². The number of nitrogens with one attached hydrogen (secondary N) is 1. The molecule has 174 valence electrons. The smallest absolute Gasteiger partial charge is 0.271 e. The highest BCUT2D eigenvalue weighted by Crippen LogP contribution is 2.55. The van der Waals surface area contributed by atoms with Crippen molar-refractivity contribution in [2.24, 2.45) is 29.1 Å². The maximum absolute atomic E-state index is 12.9. The van der Waals surface area contributed by atoms with Crippen molar-refractivity contribution >= 4 is 11.8 Å². The number of aliphatic hydroxyl groups excluding tert-OH is 1. The molecule has 0 spiro atoms. The second-order valence-corrected chi connectivity index (χ2v) is 9.90. The highest BCUT2D eigenvalue weighted by atomic mass is 16.3. The number of nitrogens with zero attached hydrogens (tertiary/aromatic N) is 4. The van der Waals surface area contributed by atoms with Crippen LogP contribution in [-0.4, -0.2) is 57.5 Å². The lowest BCUT2D eigenvalue weighted by molar-refractivity contribution is -0.149. The van der Waals surface area contributed by atoms with Crippen LogP contribution in [0.3, 0.4) is 0 Å². The van der Waals surface area contributed by atoms with E-state index in [2.05, 4.69) is 35.2 Å². The lowest BCUT2D eigenvalue weighted by Gasteiger charge is -2.56. The fourth-order valence-electron chi connectivity index (χ4n) is 6.01. The van der Waals surface area contributed by atoms with E-state index in [-0.39, 0.29) is 52.6 Å². The molecular formula is C24H35N5O3. The molecule has 8 heteroatoms. The van der Waals surface area contributed by atoms with Crippen LogP contribution in [-0.2, 0) is 4.79 Å². The predicted molar refractivity (Wildman–Crippen MR) is 119 cm³/mol. The summed E-state index contributed by atoms with van der Waals surface area (Å²) < 4.78 is 0. The van der Waals surface area contributed by atoms with Crippen molar-refractivity contribution in [3.05, 3.63) is 24.3 Å². The van der Waals surface area contributed by atoms with Crippen LogP contribution in [0.1, 0.15) is 63.4 Å². The standard InChI is InChI=1S/C24H35N5O3/c1-15(23(32)29(4)13-5-10-25)17-6-8-24(3)9-7-18(16(2)20(24)21(17)30)28-22(31)19-14-26-11-12-27-19/h11-12,14-18,20-21,30H,5-9,13H2,1-4H3,(H,28,31)/t15-,16-,17+,18-,20+,21-,24+/m0/s1. The van der Waals surface area contributed by atoms with Gasteiger partial charge in [-0.1, -0.05) is 20.8 Å². The number of carbonyl (C=O) groups excluding carboxylic acids is 2. The molecule has 8 nitrogen and oxygen atoms in total. The molecule has 1 aromatic heterocycles. The van der Waals surface area contributed by atoms with Gasteiger partial charge in [-0.25, -0.2) is 4.98 Å². The van der Waals surface area contributed by atoms with Crippen LogP contribution in [0.5, 0.6) is 0 Å². The van der Waals surface area contributed by atoms with Crippen molar-refractivity contribution in [3.8, 4) is 6.07 Å². The Morgan fingerprint density at radius 1 is 1.38 bits per heavy atom. The Kier molecular flexibility index (Phi) is 7.50. The fourth-order valence-corrected chi connectivity index (χ4v) is 6.01. The Bertz CT molecular complexity index is 857. The molecule has 0 radical (unpaired) electrons. The Morgan fingerprint density at radius 3 is 2.75 bits per heavy atom. The summed E-state index contributed by atoms with van der Waals surface area (Å²) in [7, 11) is 1.72. The van der Waals surface area contributed by atoms with Gasteiger partial charge in [0.1, 0.15) is 5.69 Å². The Morgan fingerprint density at radius 2 is 2.09 bits per heavy atom. The molecule has 0 aliphatic heterocycles. The van der Waals surface area contributed by atoms with E-state index < -0.39 is 6.10 Å². The average molecular weight is 442 g/mol. The summed E-state index contributed by atoms with van der Waals surface area (Å²) in [5.41, 5.74) is 0.271. The lowest BCUT2D eigenvalue weighted by atomic mass is 9.51. The van der Waals surface area contributed by atoms with Gasteiger partial charge in [-0.05, 0) is 48.9 Å². The third kappa shape index (κ3) is 4.78. The molecule has 2 amide bonds. The topological polar surface area (TPSA) is 119 Å².